The third-order valence-corrected chi connectivity index (χ3v) is 8.04. The van der Waals surface area contributed by atoms with Crippen molar-refractivity contribution in [3.05, 3.63) is 84.2 Å². The van der Waals surface area contributed by atoms with E-state index in [4.69, 9.17) is 9.47 Å². The number of halogens is 1. The van der Waals surface area contributed by atoms with Gasteiger partial charge in [0.05, 0.1) is 24.8 Å². The SMILES string of the molecule is CCNC(=O)C(CC)N(Cc1ccccc1)C(=O)CN(c1ccc(F)cc1)S(=O)(=O)c1ccc(OC)c(OC)c1. The molecule has 2 amide bonds. The topological polar surface area (TPSA) is 105 Å². The molecule has 0 saturated heterocycles. The van der Waals surface area contributed by atoms with Gasteiger partial charge in [-0.25, -0.2) is 12.8 Å². The number of carbonyl (C=O) groups excluding carboxylic acids is 2. The molecule has 1 unspecified atom stereocenters. The molecule has 9 nitrogen and oxygen atoms in total. The van der Waals surface area contributed by atoms with Crippen molar-refractivity contribution in [1.29, 1.82) is 0 Å². The summed E-state index contributed by atoms with van der Waals surface area (Å²) in [6, 6.07) is 17.1. The molecule has 0 fully saturated rings. The second-order valence-corrected chi connectivity index (χ2v) is 10.7. The Morgan fingerprint density at radius 1 is 0.925 bits per heavy atom. The van der Waals surface area contributed by atoms with Crippen LogP contribution in [-0.2, 0) is 26.2 Å². The van der Waals surface area contributed by atoms with E-state index >= 15 is 0 Å². The fraction of sp³-hybridized carbons (Fsp3) is 0.310. The van der Waals surface area contributed by atoms with E-state index < -0.39 is 34.3 Å². The summed E-state index contributed by atoms with van der Waals surface area (Å²) in [6.45, 7) is 3.38. The Morgan fingerprint density at radius 3 is 2.15 bits per heavy atom. The van der Waals surface area contributed by atoms with Gasteiger partial charge in [0.1, 0.15) is 18.4 Å². The summed E-state index contributed by atoms with van der Waals surface area (Å²) in [7, 11) is -1.56. The average molecular weight is 572 g/mol. The van der Waals surface area contributed by atoms with E-state index in [1.165, 1.54) is 49.5 Å². The minimum atomic E-state index is -4.36. The van der Waals surface area contributed by atoms with Crippen molar-refractivity contribution in [2.75, 3.05) is 31.6 Å². The highest BCUT2D eigenvalue weighted by atomic mass is 32.2. The quantitative estimate of drug-likeness (QED) is 0.333. The van der Waals surface area contributed by atoms with Gasteiger partial charge in [-0.05, 0) is 55.3 Å². The number of nitrogens with one attached hydrogen (secondary N) is 1. The molecule has 0 heterocycles. The molecule has 0 aliphatic rings. The van der Waals surface area contributed by atoms with E-state index in [1.807, 2.05) is 30.3 Å². The molecule has 3 aromatic rings. The number of ether oxygens (including phenoxy) is 2. The Hall–Kier alpha value is -4.12. The van der Waals surface area contributed by atoms with Crippen LogP contribution >= 0.6 is 0 Å². The Bertz CT molecular complexity index is 1400. The van der Waals surface area contributed by atoms with E-state index in [9.17, 15) is 22.4 Å². The molecule has 3 aromatic carbocycles. The number of likely N-dealkylation sites (N-methyl/N-ethyl adjacent to an activating group) is 1. The largest absolute Gasteiger partial charge is 0.493 e. The van der Waals surface area contributed by atoms with Gasteiger partial charge in [-0.1, -0.05) is 37.3 Å². The second kappa shape index (κ2) is 13.8. The summed E-state index contributed by atoms with van der Waals surface area (Å²) in [5.41, 5.74) is 0.852. The van der Waals surface area contributed by atoms with Gasteiger partial charge in [0.25, 0.3) is 10.0 Å². The lowest BCUT2D eigenvalue weighted by Gasteiger charge is -2.33. The molecule has 0 bridgehead atoms. The van der Waals surface area contributed by atoms with Gasteiger partial charge in [0, 0.05) is 19.2 Å². The van der Waals surface area contributed by atoms with Gasteiger partial charge in [-0.15, -0.1) is 0 Å². The van der Waals surface area contributed by atoms with E-state index in [0.29, 0.717) is 18.7 Å². The van der Waals surface area contributed by atoms with Crippen LogP contribution in [0.4, 0.5) is 10.1 Å². The van der Waals surface area contributed by atoms with E-state index in [1.54, 1.807) is 13.8 Å². The maximum atomic E-state index is 14.0. The average Bonchev–Trinajstić information content (AvgIpc) is 2.96. The van der Waals surface area contributed by atoms with Gasteiger partial charge in [0.15, 0.2) is 11.5 Å². The summed E-state index contributed by atoms with van der Waals surface area (Å²) in [5, 5.41) is 2.76. The number of carbonyl (C=O) groups is 2. The number of hydrogen-bond donors (Lipinski definition) is 1. The Morgan fingerprint density at radius 2 is 1.57 bits per heavy atom. The van der Waals surface area contributed by atoms with E-state index in [-0.39, 0.29) is 28.8 Å². The molecule has 0 spiro atoms. The summed E-state index contributed by atoms with van der Waals surface area (Å²) in [4.78, 5) is 28.1. The standard InChI is InChI=1S/C29H34FN3O6S/c1-5-25(29(35)31-6-2)32(19-21-10-8-7-9-11-21)28(34)20-33(23-14-12-22(30)13-15-23)40(36,37)24-16-17-26(38-3)27(18-24)39-4/h7-18,25H,5-6,19-20H2,1-4H3,(H,31,35). The van der Waals surface area contributed by atoms with Crippen molar-refractivity contribution >= 4 is 27.5 Å². The molecule has 0 saturated carbocycles. The van der Waals surface area contributed by atoms with Crippen molar-refractivity contribution in [2.24, 2.45) is 0 Å². The number of hydrogen-bond acceptors (Lipinski definition) is 6. The van der Waals surface area contributed by atoms with Crippen LogP contribution in [0.2, 0.25) is 0 Å². The summed E-state index contributed by atoms with van der Waals surface area (Å²) >= 11 is 0. The molecular weight excluding hydrogens is 537 g/mol. The van der Waals surface area contributed by atoms with Gasteiger partial charge in [0.2, 0.25) is 11.8 Å². The molecular formula is C29H34FN3O6S. The Labute approximate surface area is 234 Å². The van der Waals surface area contributed by atoms with Crippen molar-refractivity contribution < 1.29 is 31.9 Å². The van der Waals surface area contributed by atoms with Gasteiger partial charge < -0.3 is 19.7 Å². The first-order valence-electron chi connectivity index (χ1n) is 12.8. The first-order valence-corrected chi connectivity index (χ1v) is 14.2. The van der Waals surface area contributed by atoms with Gasteiger partial charge in [-0.2, -0.15) is 0 Å². The molecule has 3 rings (SSSR count). The number of anilines is 1. The van der Waals surface area contributed by atoms with Crippen LogP contribution in [0.25, 0.3) is 0 Å². The minimum absolute atomic E-state index is 0.0789. The minimum Gasteiger partial charge on any atom is -0.493 e. The Kier molecular flexibility index (Phi) is 10.5. The van der Waals surface area contributed by atoms with Crippen LogP contribution in [0, 0.1) is 5.82 Å². The highest BCUT2D eigenvalue weighted by Crippen LogP contribution is 2.32. The summed E-state index contributed by atoms with van der Waals surface area (Å²) in [5.74, 6) is -0.998. The van der Waals surface area contributed by atoms with Crippen LogP contribution in [0.15, 0.2) is 77.7 Å². The van der Waals surface area contributed by atoms with Crippen LogP contribution in [0.1, 0.15) is 25.8 Å². The van der Waals surface area contributed by atoms with Crippen molar-refractivity contribution in [3.8, 4) is 11.5 Å². The highest BCUT2D eigenvalue weighted by Gasteiger charge is 2.34. The zero-order chi connectivity index (χ0) is 29.3. The number of sulfonamides is 1. The Balaban J connectivity index is 2.08. The maximum Gasteiger partial charge on any atom is 0.264 e. The molecule has 214 valence electrons. The number of rotatable bonds is 13. The molecule has 1 N–H and O–H groups in total. The van der Waals surface area contributed by atoms with Crippen LogP contribution in [0.5, 0.6) is 11.5 Å². The number of methoxy groups -OCH3 is 2. The molecule has 0 aliphatic carbocycles. The van der Waals surface area contributed by atoms with E-state index in [2.05, 4.69) is 5.32 Å². The molecule has 0 aliphatic heterocycles. The first kappa shape index (κ1) is 30.4. The zero-order valence-corrected chi connectivity index (χ0v) is 23.8. The fourth-order valence-electron chi connectivity index (χ4n) is 4.23. The second-order valence-electron chi connectivity index (χ2n) is 8.83. The lowest BCUT2D eigenvalue weighted by Crippen LogP contribution is -2.52. The summed E-state index contributed by atoms with van der Waals surface area (Å²) < 4.78 is 53.1. The summed E-state index contributed by atoms with van der Waals surface area (Å²) in [6.07, 6.45) is 0.309. The molecule has 11 heteroatoms. The smallest absolute Gasteiger partial charge is 0.264 e. The number of amides is 2. The molecule has 1 atom stereocenters. The number of nitrogens with zero attached hydrogens (tertiary/aromatic N) is 2. The third-order valence-electron chi connectivity index (χ3n) is 6.27. The predicted molar refractivity (Wildman–Crippen MR) is 150 cm³/mol. The fourth-order valence-corrected chi connectivity index (χ4v) is 5.66. The third kappa shape index (κ3) is 7.09. The molecule has 40 heavy (non-hydrogen) atoms. The van der Waals surface area contributed by atoms with Crippen LogP contribution in [-0.4, -0.2) is 58.5 Å². The normalized spacial score (nSPS) is 11.8. The lowest BCUT2D eigenvalue weighted by atomic mass is 10.1. The van der Waals surface area contributed by atoms with E-state index in [0.717, 1.165) is 22.0 Å². The van der Waals surface area contributed by atoms with Crippen molar-refractivity contribution in [2.45, 2.75) is 37.8 Å². The molecule has 0 aromatic heterocycles. The zero-order valence-electron chi connectivity index (χ0n) is 23.0. The van der Waals surface area contributed by atoms with Gasteiger partial charge >= 0.3 is 0 Å². The van der Waals surface area contributed by atoms with Crippen molar-refractivity contribution in [1.82, 2.24) is 10.2 Å². The highest BCUT2D eigenvalue weighted by molar-refractivity contribution is 7.92. The lowest BCUT2D eigenvalue weighted by molar-refractivity contribution is -0.140. The predicted octanol–water partition coefficient (Wildman–Crippen LogP) is 3.98. The molecule has 0 radical (unpaired) electrons. The van der Waals surface area contributed by atoms with Gasteiger partial charge in [-0.3, -0.25) is 13.9 Å². The van der Waals surface area contributed by atoms with Crippen LogP contribution in [0.3, 0.4) is 0 Å². The first-order chi connectivity index (χ1) is 19.2. The maximum absolute atomic E-state index is 14.0. The van der Waals surface area contributed by atoms with Crippen molar-refractivity contribution in [3.63, 3.8) is 0 Å². The van der Waals surface area contributed by atoms with Crippen LogP contribution < -0.4 is 19.1 Å². The monoisotopic (exact) mass is 571 g/mol. The number of benzene rings is 3.